The topological polar surface area (TPSA) is 35.9 Å². The van der Waals surface area contributed by atoms with Crippen LogP contribution in [-0.2, 0) is 4.79 Å². The van der Waals surface area contributed by atoms with Crippen molar-refractivity contribution in [2.45, 2.75) is 23.9 Å². The summed E-state index contributed by atoms with van der Waals surface area (Å²) in [6.45, 7) is 0. The van der Waals surface area contributed by atoms with Gasteiger partial charge in [0.05, 0.1) is 0 Å². The number of carbonyl (C=O) groups is 1. The lowest BCUT2D eigenvalue weighted by Crippen LogP contribution is -2.63. The molecule has 1 amide bonds. The van der Waals surface area contributed by atoms with Gasteiger partial charge in [-0.05, 0) is 0 Å². The molecule has 136 valence electrons. The Hall–Kier alpha value is -1.69. The van der Waals surface area contributed by atoms with Gasteiger partial charge in [0.15, 0.2) is 0 Å². The first-order chi connectivity index (χ1) is 9.91. The molecule has 0 N–H and O–H groups in total. The maximum absolute atomic E-state index is 13.3. The fourth-order valence-corrected chi connectivity index (χ4v) is 1.27. The molecular formula is C10H12F9N3O. The zero-order valence-electron chi connectivity index (χ0n) is 12.2. The molecule has 0 saturated carbocycles. The van der Waals surface area contributed by atoms with E-state index in [2.05, 4.69) is 4.99 Å². The third-order valence-electron chi connectivity index (χ3n) is 2.41. The fourth-order valence-electron chi connectivity index (χ4n) is 1.27. The van der Waals surface area contributed by atoms with Gasteiger partial charge in [-0.15, -0.1) is 0 Å². The van der Waals surface area contributed by atoms with Crippen molar-refractivity contribution in [1.82, 2.24) is 9.80 Å². The average Bonchev–Trinajstić information content (AvgIpc) is 2.32. The zero-order chi connectivity index (χ0) is 19.0. The molecule has 0 rings (SSSR count). The second-order valence-electron chi connectivity index (χ2n) is 4.73. The van der Waals surface area contributed by atoms with E-state index in [4.69, 9.17) is 0 Å². The number of nitrogens with zero attached hydrogens (tertiary/aromatic N) is 3. The van der Waals surface area contributed by atoms with Crippen molar-refractivity contribution >= 4 is 11.9 Å². The second-order valence-corrected chi connectivity index (χ2v) is 4.73. The molecule has 0 spiro atoms. The van der Waals surface area contributed by atoms with Crippen LogP contribution in [0.15, 0.2) is 4.99 Å². The van der Waals surface area contributed by atoms with E-state index in [0.29, 0.717) is 0 Å². The van der Waals surface area contributed by atoms with E-state index in [1.54, 1.807) is 0 Å². The molecule has 23 heavy (non-hydrogen) atoms. The van der Waals surface area contributed by atoms with E-state index in [0.717, 1.165) is 38.0 Å². The van der Waals surface area contributed by atoms with E-state index in [1.807, 2.05) is 0 Å². The smallest absolute Gasteiger partial charge is 0.349 e. The Bertz CT molecular complexity index is 472. The molecule has 0 unspecified atom stereocenters. The van der Waals surface area contributed by atoms with Crippen LogP contribution >= 0.6 is 0 Å². The quantitative estimate of drug-likeness (QED) is 0.440. The molecular weight excluding hydrogens is 349 g/mol. The Labute approximate surface area is 124 Å². The molecule has 0 aromatic rings. The lowest BCUT2D eigenvalue weighted by atomic mass is 10.0. The maximum Gasteiger partial charge on any atom is 0.460 e. The lowest BCUT2D eigenvalue weighted by molar-refractivity contribution is -0.388. The third-order valence-corrected chi connectivity index (χ3v) is 2.41. The van der Waals surface area contributed by atoms with Crippen LogP contribution in [0, 0.1) is 0 Å². The molecule has 0 radical (unpaired) electrons. The number of carbonyl (C=O) groups excluding carboxylic acids is 1. The highest BCUT2D eigenvalue weighted by atomic mass is 19.4. The van der Waals surface area contributed by atoms with Gasteiger partial charge in [0.2, 0.25) is 5.96 Å². The van der Waals surface area contributed by atoms with Crippen molar-refractivity contribution < 1.29 is 44.3 Å². The van der Waals surface area contributed by atoms with Crippen LogP contribution in [0.2, 0.25) is 0 Å². The Morgan fingerprint density at radius 1 is 0.739 bits per heavy atom. The predicted molar refractivity (Wildman–Crippen MR) is 60.7 cm³/mol. The molecule has 0 saturated heterocycles. The highest BCUT2D eigenvalue weighted by Crippen LogP contribution is 2.53. The number of halogens is 9. The molecule has 0 aromatic heterocycles. The molecule has 0 bridgehead atoms. The van der Waals surface area contributed by atoms with Crippen LogP contribution in [0.25, 0.3) is 0 Å². The fraction of sp³-hybridized carbons (Fsp3) is 0.800. The minimum atomic E-state index is -7.13. The third kappa shape index (κ3) is 3.63. The highest BCUT2D eigenvalue weighted by Gasteiger charge is 2.83. The first kappa shape index (κ1) is 21.3. The molecule has 4 nitrogen and oxygen atoms in total. The molecule has 0 aliphatic carbocycles. The number of rotatable bonds is 3. The van der Waals surface area contributed by atoms with Gasteiger partial charge in [0.25, 0.3) is 0 Å². The summed E-state index contributed by atoms with van der Waals surface area (Å²) in [4.78, 5) is 15.4. The number of hydrogen-bond acceptors (Lipinski definition) is 1. The number of guanidine groups is 1. The number of amides is 1. The number of hydrogen-bond donors (Lipinski definition) is 0. The molecule has 0 aliphatic rings. The molecule has 0 heterocycles. The monoisotopic (exact) mass is 361 g/mol. The molecule has 0 aliphatic heterocycles. The summed E-state index contributed by atoms with van der Waals surface area (Å²) in [5.41, 5.74) is 0. The summed E-state index contributed by atoms with van der Waals surface area (Å²) in [6, 6.07) is 0. The number of aliphatic imine (C=N–C) groups is 1. The normalized spacial score (nSPS) is 13.6. The lowest BCUT2D eigenvalue weighted by Gasteiger charge is -2.32. The predicted octanol–water partition coefficient (Wildman–Crippen LogP) is 2.46. The van der Waals surface area contributed by atoms with E-state index < -0.39 is 35.8 Å². The van der Waals surface area contributed by atoms with Gasteiger partial charge in [-0.3, -0.25) is 4.79 Å². The van der Waals surface area contributed by atoms with Crippen molar-refractivity contribution in [2.75, 3.05) is 28.2 Å². The summed E-state index contributed by atoms with van der Waals surface area (Å²) in [7, 11) is 4.58. The SMILES string of the molecule is CN(C)C(=NC(=O)C(F)(F)C(F)(F)C(F)(F)C(F)(F)F)N(C)C. The first-order valence-electron chi connectivity index (χ1n) is 5.59. The summed E-state index contributed by atoms with van der Waals surface area (Å²) >= 11 is 0. The maximum atomic E-state index is 13.3. The van der Waals surface area contributed by atoms with Gasteiger partial charge in [-0.25, -0.2) is 0 Å². The Kier molecular flexibility index (Phi) is 5.63. The van der Waals surface area contributed by atoms with Gasteiger partial charge < -0.3 is 9.80 Å². The highest BCUT2D eigenvalue weighted by molar-refractivity contribution is 5.96. The first-order valence-corrected chi connectivity index (χ1v) is 5.59. The van der Waals surface area contributed by atoms with Crippen molar-refractivity contribution in [3.63, 3.8) is 0 Å². The Balaban J connectivity index is 5.98. The van der Waals surface area contributed by atoms with Gasteiger partial charge in [-0.2, -0.15) is 44.5 Å². The van der Waals surface area contributed by atoms with Crippen LogP contribution in [0.3, 0.4) is 0 Å². The summed E-state index contributed by atoms with van der Waals surface area (Å²) in [6.07, 6.45) is -6.99. The second kappa shape index (κ2) is 6.07. The number of alkyl halides is 9. The van der Waals surface area contributed by atoms with Crippen LogP contribution < -0.4 is 0 Å². The van der Waals surface area contributed by atoms with Crippen molar-refractivity contribution in [3.8, 4) is 0 Å². The minimum absolute atomic E-state index is 0.666. The minimum Gasteiger partial charge on any atom is -0.349 e. The van der Waals surface area contributed by atoms with Gasteiger partial charge in [0.1, 0.15) is 0 Å². The van der Waals surface area contributed by atoms with E-state index >= 15 is 0 Å². The molecule has 0 fully saturated rings. The van der Waals surface area contributed by atoms with E-state index in [1.165, 1.54) is 0 Å². The Morgan fingerprint density at radius 2 is 1.09 bits per heavy atom. The van der Waals surface area contributed by atoms with Gasteiger partial charge in [0, 0.05) is 28.2 Å². The molecule has 0 aromatic carbocycles. The van der Waals surface area contributed by atoms with Gasteiger partial charge in [-0.1, -0.05) is 0 Å². The van der Waals surface area contributed by atoms with Crippen LogP contribution in [0.4, 0.5) is 39.5 Å². The van der Waals surface area contributed by atoms with Crippen molar-refractivity contribution in [1.29, 1.82) is 0 Å². The van der Waals surface area contributed by atoms with E-state index in [9.17, 15) is 44.3 Å². The average molecular weight is 361 g/mol. The summed E-state index contributed by atoms with van der Waals surface area (Å²) < 4.78 is 114. The van der Waals surface area contributed by atoms with E-state index in [-0.39, 0.29) is 0 Å². The van der Waals surface area contributed by atoms with Crippen LogP contribution in [0.1, 0.15) is 0 Å². The molecule has 13 heteroatoms. The molecule has 0 atom stereocenters. The summed E-state index contributed by atoms with van der Waals surface area (Å²) in [5, 5.41) is 0. The Morgan fingerprint density at radius 3 is 1.35 bits per heavy atom. The van der Waals surface area contributed by atoms with Crippen LogP contribution in [-0.4, -0.2) is 73.8 Å². The van der Waals surface area contributed by atoms with Crippen LogP contribution in [0.5, 0.6) is 0 Å². The van der Waals surface area contributed by atoms with Crippen molar-refractivity contribution in [2.24, 2.45) is 4.99 Å². The summed E-state index contributed by atoms with van der Waals surface area (Å²) in [5.74, 6) is -24.3. The largest absolute Gasteiger partial charge is 0.460 e. The standard InChI is InChI=1S/C10H12F9N3O/c1-21(2)6(22(3)4)20-5(23)7(11,12)8(13,14)9(15,16)10(17,18)19/h1-4H3. The van der Waals surface area contributed by atoms with Crippen molar-refractivity contribution in [3.05, 3.63) is 0 Å². The zero-order valence-corrected chi connectivity index (χ0v) is 12.2. The van der Waals surface area contributed by atoms with Gasteiger partial charge >= 0.3 is 29.9 Å².